The largest absolute Gasteiger partial charge is 0.460 e. The van der Waals surface area contributed by atoms with Crippen molar-refractivity contribution in [2.45, 2.75) is 51.7 Å². The fourth-order valence-corrected chi connectivity index (χ4v) is 1.68. The smallest absolute Gasteiger partial charge is 0.306 e. The second-order valence-corrected chi connectivity index (χ2v) is 4.90. The second kappa shape index (κ2) is 4.30. The first-order valence-corrected chi connectivity index (χ1v) is 5.17. The molecule has 0 heterocycles. The van der Waals surface area contributed by atoms with E-state index in [2.05, 4.69) is 0 Å². The van der Waals surface area contributed by atoms with E-state index in [9.17, 15) is 4.79 Å². The van der Waals surface area contributed by atoms with Gasteiger partial charge in [-0.2, -0.15) is 0 Å². The number of carbonyl (C=O) groups excluding carboxylic acids is 1. The van der Waals surface area contributed by atoms with Gasteiger partial charge in [-0.1, -0.05) is 0 Å². The van der Waals surface area contributed by atoms with Gasteiger partial charge >= 0.3 is 5.97 Å². The zero-order valence-corrected chi connectivity index (χ0v) is 9.50. The fraction of sp³-hybridized carbons (Fsp3) is 0.909. The van der Waals surface area contributed by atoms with Crippen LogP contribution in [0.5, 0.6) is 0 Å². The topological polar surface area (TPSA) is 35.5 Å². The summed E-state index contributed by atoms with van der Waals surface area (Å²) in [4.78, 5) is 11.4. The molecule has 3 nitrogen and oxygen atoms in total. The molecule has 0 radical (unpaired) electrons. The number of rotatable bonds is 3. The Morgan fingerprint density at radius 2 is 2.00 bits per heavy atom. The summed E-state index contributed by atoms with van der Waals surface area (Å²) in [6.45, 7) is 5.67. The van der Waals surface area contributed by atoms with Gasteiger partial charge in [0.15, 0.2) is 0 Å². The van der Waals surface area contributed by atoms with Crippen molar-refractivity contribution in [3.05, 3.63) is 0 Å². The van der Waals surface area contributed by atoms with Gasteiger partial charge in [0.25, 0.3) is 0 Å². The van der Waals surface area contributed by atoms with Crippen molar-refractivity contribution < 1.29 is 14.3 Å². The molecule has 0 saturated heterocycles. The first-order chi connectivity index (χ1) is 6.42. The van der Waals surface area contributed by atoms with Gasteiger partial charge < -0.3 is 9.47 Å². The highest BCUT2D eigenvalue weighted by Gasteiger charge is 2.33. The number of esters is 1. The molecule has 1 aliphatic rings. The summed E-state index contributed by atoms with van der Waals surface area (Å²) in [5.74, 6) is 0.263. The third-order valence-electron chi connectivity index (χ3n) is 2.50. The molecule has 1 fully saturated rings. The molecular formula is C11H20O3. The number of hydrogen-bond acceptors (Lipinski definition) is 3. The Kier molecular flexibility index (Phi) is 3.53. The molecule has 0 aromatic heterocycles. The predicted octanol–water partition coefficient (Wildman–Crippen LogP) is 2.14. The summed E-state index contributed by atoms with van der Waals surface area (Å²) >= 11 is 0. The van der Waals surface area contributed by atoms with Crippen LogP contribution in [-0.4, -0.2) is 24.8 Å². The minimum Gasteiger partial charge on any atom is -0.460 e. The van der Waals surface area contributed by atoms with Gasteiger partial charge in [-0.3, -0.25) is 4.79 Å². The molecule has 1 rings (SSSR count). The molecule has 0 N–H and O–H groups in total. The standard InChI is InChI=1S/C11H20O3/c1-11(2,3)14-10(12)7-8-5-6-9(8)13-4/h8-9H,5-7H2,1-4H3/t8-,9?/m1/s1. The highest BCUT2D eigenvalue weighted by Crippen LogP contribution is 2.33. The summed E-state index contributed by atoms with van der Waals surface area (Å²) in [6, 6.07) is 0. The zero-order chi connectivity index (χ0) is 10.8. The zero-order valence-electron chi connectivity index (χ0n) is 9.50. The van der Waals surface area contributed by atoms with Crippen molar-refractivity contribution in [2.75, 3.05) is 7.11 Å². The van der Waals surface area contributed by atoms with E-state index in [0.717, 1.165) is 12.8 Å². The van der Waals surface area contributed by atoms with Crippen LogP contribution in [0.3, 0.4) is 0 Å². The van der Waals surface area contributed by atoms with Crippen molar-refractivity contribution in [3.8, 4) is 0 Å². The molecule has 1 aliphatic carbocycles. The average molecular weight is 200 g/mol. The molecule has 0 aromatic rings. The van der Waals surface area contributed by atoms with E-state index in [1.807, 2.05) is 20.8 Å². The van der Waals surface area contributed by atoms with Crippen molar-refractivity contribution in [1.82, 2.24) is 0 Å². The monoisotopic (exact) mass is 200 g/mol. The van der Waals surface area contributed by atoms with Gasteiger partial charge in [0.05, 0.1) is 12.5 Å². The van der Waals surface area contributed by atoms with E-state index in [4.69, 9.17) is 9.47 Å². The SMILES string of the molecule is COC1CC[C@@H]1CC(=O)OC(C)(C)C. The molecule has 2 atom stereocenters. The van der Waals surface area contributed by atoms with Crippen LogP contribution in [-0.2, 0) is 14.3 Å². The van der Waals surface area contributed by atoms with Gasteiger partial charge in [0.2, 0.25) is 0 Å². The van der Waals surface area contributed by atoms with Crippen LogP contribution in [0.25, 0.3) is 0 Å². The quantitative estimate of drug-likeness (QED) is 0.655. The number of hydrogen-bond donors (Lipinski definition) is 0. The molecular weight excluding hydrogens is 180 g/mol. The first kappa shape index (κ1) is 11.5. The van der Waals surface area contributed by atoms with Crippen molar-refractivity contribution in [1.29, 1.82) is 0 Å². The third-order valence-corrected chi connectivity index (χ3v) is 2.50. The lowest BCUT2D eigenvalue weighted by Crippen LogP contribution is -2.36. The summed E-state index contributed by atoms with van der Waals surface area (Å²) in [5, 5.41) is 0. The van der Waals surface area contributed by atoms with Crippen LogP contribution in [0, 0.1) is 5.92 Å². The molecule has 3 heteroatoms. The lowest BCUT2D eigenvalue weighted by Gasteiger charge is -2.35. The molecule has 1 saturated carbocycles. The molecule has 0 aliphatic heterocycles. The number of ether oxygens (including phenoxy) is 2. The Hall–Kier alpha value is -0.570. The molecule has 0 spiro atoms. The maximum atomic E-state index is 11.4. The average Bonchev–Trinajstić information content (AvgIpc) is 1.96. The highest BCUT2D eigenvalue weighted by molar-refractivity contribution is 5.70. The van der Waals surface area contributed by atoms with E-state index < -0.39 is 0 Å². The van der Waals surface area contributed by atoms with E-state index in [-0.39, 0.29) is 17.7 Å². The van der Waals surface area contributed by atoms with Gasteiger partial charge in [0, 0.05) is 7.11 Å². The van der Waals surface area contributed by atoms with Gasteiger partial charge in [-0.15, -0.1) is 0 Å². The van der Waals surface area contributed by atoms with E-state index in [1.54, 1.807) is 7.11 Å². The Labute approximate surface area is 85.8 Å². The molecule has 0 amide bonds. The van der Waals surface area contributed by atoms with Crippen molar-refractivity contribution in [3.63, 3.8) is 0 Å². The van der Waals surface area contributed by atoms with E-state index >= 15 is 0 Å². The highest BCUT2D eigenvalue weighted by atomic mass is 16.6. The fourth-order valence-electron chi connectivity index (χ4n) is 1.68. The summed E-state index contributed by atoms with van der Waals surface area (Å²) in [7, 11) is 1.70. The van der Waals surface area contributed by atoms with Gasteiger partial charge in [-0.05, 0) is 39.5 Å². The summed E-state index contributed by atoms with van der Waals surface area (Å²) in [6.07, 6.45) is 2.92. The number of methoxy groups -OCH3 is 1. The molecule has 14 heavy (non-hydrogen) atoms. The Bertz CT molecular complexity index is 203. The molecule has 82 valence electrons. The lowest BCUT2D eigenvalue weighted by atomic mass is 9.79. The second-order valence-electron chi connectivity index (χ2n) is 4.90. The molecule has 1 unspecified atom stereocenters. The Morgan fingerprint density at radius 1 is 1.36 bits per heavy atom. The van der Waals surface area contributed by atoms with Gasteiger partial charge in [0.1, 0.15) is 5.60 Å². The summed E-state index contributed by atoms with van der Waals surface area (Å²) < 4.78 is 10.5. The minimum atomic E-state index is -0.372. The van der Waals surface area contributed by atoms with Crippen LogP contribution in [0.4, 0.5) is 0 Å². The van der Waals surface area contributed by atoms with Crippen LogP contribution in [0.2, 0.25) is 0 Å². The first-order valence-electron chi connectivity index (χ1n) is 5.17. The van der Waals surface area contributed by atoms with Crippen molar-refractivity contribution >= 4 is 5.97 Å². The normalized spacial score (nSPS) is 26.9. The number of carbonyl (C=O) groups is 1. The van der Waals surface area contributed by atoms with Crippen LogP contribution in [0.15, 0.2) is 0 Å². The van der Waals surface area contributed by atoms with E-state index in [0.29, 0.717) is 12.3 Å². The Morgan fingerprint density at radius 3 is 2.36 bits per heavy atom. The van der Waals surface area contributed by atoms with Crippen LogP contribution < -0.4 is 0 Å². The predicted molar refractivity (Wildman–Crippen MR) is 54.0 cm³/mol. The molecule has 0 aromatic carbocycles. The third kappa shape index (κ3) is 3.29. The maximum absolute atomic E-state index is 11.4. The molecule has 0 bridgehead atoms. The minimum absolute atomic E-state index is 0.107. The van der Waals surface area contributed by atoms with Gasteiger partial charge in [-0.25, -0.2) is 0 Å². The van der Waals surface area contributed by atoms with Crippen molar-refractivity contribution in [2.24, 2.45) is 5.92 Å². The maximum Gasteiger partial charge on any atom is 0.306 e. The Balaban J connectivity index is 2.27. The van der Waals surface area contributed by atoms with E-state index in [1.165, 1.54) is 0 Å². The lowest BCUT2D eigenvalue weighted by molar-refractivity contribution is -0.159. The summed E-state index contributed by atoms with van der Waals surface area (Å²) in [5.41, 5.74) is -0.372. The van der Waals surface area contributed by atoms with Crippen LogP contribution >= 0.6 is 0 Å². The van der Waals surface area contributed by atoms with Crippen LogP contribution in [0.1, 0.15) is 40.0 Å².